The molecular formula is C12H13LiN. The molecule has 0 atom stereocenters. The molecule has 0 saturated carbocycles. The quantitative estimate of drug-likeness (QED) is 0.408. The van der Waals surface area contributed by atoms with E-state index in [1.165, 1.54) is 17.2 Å². The molecule has 1 radical (unpaired) electrons. The molecule has 0 bridgehead atoms. The first-order valence-electron chi connectivity index (χ1n) is 4.44. The number of nitrogens with zero attached hydrogens (tertiary/aromatic N) is 1. The minimum absolute atomic E-state index is 0. The summed E-state index contributed by atoms with van der Waals surface area (Å²) in [5.41, 5.74) is 2.61. The molecule has 1 aliphatic carbocycles. The van der Waals surface area contributed by atoms with Crippen LogP contribution in [-0.2, 0) is 0 Å². The maximum absolute atomic E-state index is 2.16. The van der Waals surface area contributed by atoms with Crippen molar-refractivity contribution in [3.63, 3.8) is 0 Å². The van der Waals surface area contributed by atoms with E-state index in [0.29, 0.717) is 0 Å². The van der Waals surface area contributed by atoms with Gasteiger partial charge in [0.15, 0.2) is 0 Å². The van der Waals surface area contributed by atoms with Crippen LogP contribution in [0.2, 0.25) is 0 Å². The summed E-state index contributed by atoms with van der Waals surface area (Å²) in [6.45, 7) is 0. The molecule has 1 aromatic rings. The molecule has 1 aromatic carbocycles. The van der Waals surface area contributed by atoms with Gasteiger partial charge in [-0.15, -0.1) is 29.8 Å². The molecule has 2 heteroatoms. The van der Waals surface area contributed by atoms with E-state index in [4.69, 9.17) is 0 Å². The SMILES string of the molecule is CN(C)[C-]1[CH]C=Cc2ccccc21.[Li+]. The molecular weight excluding hydrogens is 165 g/mol. The Morgan fingerprint density at radius 1 is 1.14 bits per heavy atom. The van der Waals surface area contributed by atoms with Gasteiger partial charge in [-0.2, -0.15) is 11.6 Å². The summed E-state index contributed by atoms with van der Waals surface area (Å²) in [6.07, 6.45) is 6.38. The topological polar surface area (TPSA) is 3.24 Å². The zero-order valence-corrected chi connectivity index (χ0v) is 8.99. The van der Waals surface area contributed by atoms with Crippen molar-refractivity contribution in [3.8, 4) is 0 Å². The van der Waals surface area contributed by atoms with E-state index in [1.54, 1.807) is 0 Å². The molecule has 67 valence electrons. The van der Waals surface area contributed by atoms with E-state index in [0.717, 1.165) is 0 Å². The maximum Gasteiger partial charge on any atom is 1.00 e. The fraction of sp³-hybridized carbons (Fsp3) is 0.167. The Labute approximate surface area is 98.0 Å². The minimum Gasteiger partial charge on any atom is -0.335 e. The summed E-state index contributed by atoms with van der Waals surface area (Å²) in [4.78, 5) is 2.14. The minimum atomic E-state index is 0. The molecule has 0 unspecified atom stereocenters. The van der Waals surface area contributed by atoms with Crippen molar-refractivity contribution in [2.45, 2.75) is 0 Å². The fourth-order valence-corrected chi connectivity index (χ4v) is 1.60. The molecule has 1 aliphatic rings. The third kappa shape index (κ3) is 2.07. The van der Waals surface area contributed by atoms with Gasteiger partial charge in [0.1, 0.15) is 0 Å². The van der Waals surface area contributed by atoms with Crippen LogP contribution in [0.15, 0.2) is 30.3 Å². The molecule has 0 fully saturated rings. The van der Waals surface area contributed by atoms with Crippen LogP contribution in [-0.4, -0.2) is 19.0 Å². The number of fused-ring (bicyclic) bond motifs is 1. The van der Waals surface area contributed by atoms with Gasteiger partial charge in [0, 0.05) is 0 Å². The number of hydrogen-bond acceptors (Lipinski definition) is 1. The van der Waals surface area contributed by atoms with Crippen molar-refractivity contribution in [3.05, 3.63) is 53.9 Å². The Bertz CT molecular complexity index is 331. The Morgan fingerprint density at radius 2 is 1.86 bits per heavy atom. The molecule has 2 rings (SSSR count). The Hall–Kier alpha value is -0.613. The molecule has 0 spiro atoms. The second-order valence-corrected chi connectivity index (χ2v) is 3.39. The van der Waals surface area contributed by atoms with E-state index in [9.17, 15) is 0 Å². The van der Waals surface area contributed by atoms with Gasteiger partial charge < -0.3 is 4.90 Å². The van der Waals surface area contributed by atoms with Gasteiger partial charge in [0.25, 0.3) is 0 Å². The third-order valence-electron chi connectivity index (χ3n) is 2.25. The van der Waals surface area contributed by atoms with Crippen molar-refractivity contribution < 1.29 is 18.9 Å². The maximum atomic E-state index is 2.16. The van der Waals surface area contributed by atoms with Crippen LogP contribution in [0.25, 0.3) is 6.08 Å². The summed E-state index contributed by atoms with van der Waals surface area (Å²) >= 11 is 0. The molecule has 0 saturated heterocycles. The molecule has 14 heavy (non-hydrogen) atoms. The molecule has 1 nitrogen and oxygen atoms in total. The Morgan fingerprint density at radius 3 is 2.57 bits per heavy atom. The van der Waals surface area contributed by atoms with Crippen molar-refractivity contribution in [1.29, 1.82) is 0 Å². The predicted molar refractivity (Wildman–Crippen MR) is 55.8 cm³/mol. The first-order chi connectivity index (χ1) is 6.29. The van der Waals surface area contributed by atoms with E-state index >= 15 is 0 Å². The number of benzene rings is 1. The van der Waals surface area contributed by atoms with Crippen LogP contribution in [0.1, 0.15) is 11.1 Å². The normalized spacial score (nSPS) is 13.8. The van der Waals surface area contributed by atoms with E-state index in [-0.39, 0.29) is 18.9 Å². The fourth-order valence-electron chi connectivity index (χ4n) is 1.60. The van der Waals surface area contributed by atoms with Gasteiger partial charge in [-0.3, -0.25) is 0 Å². The predicted octanol–water partition coefficient (Wildman–Crippen LogP) is -0.637. The van der Waals surface area contributed by atoms with Crippen LogP contribution in [0, 0.1) is 12.5 Å². The second-order valence-electron chi connectivity index (χ2n) is 3.39. The monoisotopic (exact) mass is 178 g/mol. The van der Waals surface area contributed by atoms with E-state index in [2.05, 4.69) is 61.8 Å². The van der Waals surface area contributed by atoms with Crippen LogP contribution >= 0.6 is 0 Å². The van der Waals surface area contributed by atoms with Crippen molar-refractivity contribution in [2.75, 3.05) is 14.1 Å². The van der Waals surface area contributed by atoms with Gasteiger partial charge in [0.05, 0.1) is 0 Å². The van der Waals surface area contributed by atoms with E-state index in [1.807, 2.05) is 0 Å². The van der Waals surface area contributed by atoms with Crippen LogP contribution in [0.4, 0.5) is 0 Å². The van der Waals surface area contributed by atoms with Crippen molar-refractivity contribution in [1.82, 2.24) is 4.90 Å². The molecule has 0 amide bonds. The van der Waals surface area contributed by atoms with Gasteiger partial charge in [-0.25, -0.2) is 0 Å². The first-order valence-corrected chi connectivity index (χ1v) is 4.44. The zero-order chi connectivity index (χ0) is 9.26. The number of rotatable bonds is 1. The second kappa shape index (κ2) is 4.75. The van der Waals surface area contributed by atoms with Gasteiger partial charge >= 0.3 is 18.9 Å². The van der Waals surface area contributed by atoms with Crippen molar-refractivity contribution >= 4 is 6.08 Å². The summed E-state index contributed by atoms with van der Waals surface area (Å²) in [6, 6.07) is 9.72. The summed E-state index contributed by atoms with van der Waals surface area (Å²) in [5, 5.41) is 0. The van der Waals surface area contributed by atoms with Crippen molar-refractivity contribution in [2.24, 2.45) is 0 Å². The molecule has 0 heterocycles. The summed E-state index contributed by atoms with van der Waals surface area (Å²) in [5.74, 6) is 0. The zero-order valence-electron chi connectivity index (χ0n) is 8.99. The molecule has 0 aromatic heterocycles. The van der Waals surface area contributed by atoms with Crippen LogP contribution in [0.3, 0.4) is 0 Å². The standard InChI is InChI=1S/C12H13N.Li/c1-13(2)12-9-5-7-10-6-3-4-8-11(10)12;/h3-9H,1-2H3;/q-1;+1. The molecule has 0 N–H and O–H groups in total. The molecule has 0 aliphatic heterocycles. The summed E-state index contributed by atoms with van der Waals surface area (Å²) in [7, 11) is 4.14. The van der Waals surface area contributed by atoms with Gasteiger partial charge in [-0.1, -0.05) is 12.1 Å². The van der Waals surface area contributed by atoms with E-state index < -0.39 is 0 Å². The average Bonchev–Trinajstić information content (AvgIpc) is 2.17. The van der Waals surface area contributed by atoms with Crippen LogP contribution in [0.5, 0.6) is 0 Å². The average molecular weight is 178 g/mol. The summed E-state index contributed by atoms with van der Waals surface area (Å²) < 4.78 is 0. The smallest absolute Gasteiger partial charge is 0.335 e. The Balaban J connectivity index is 0.000000980. The first kappa shape index (κ1) is 11.5. The third-order valence-corrected chi connectivity index (χ3v) is 2.25. The number of hydrogen-bond donors (Lipinski definition) is 0. The van der Waals surface area contributed by atoms with Crippen LogP contribution < -0.4 is 18.9 Å². The van der Waals surface area contributed by atoms with Gasteiger partial charge in [0.2, 0.25) is 0 Å². The Kier molecular flexibility index (Phi) is 3.89. The largest absolute Gasteiger partial charge is 1.00 e. The van der Waals surface area contributed by atoms with Gasteiger partial charge in [-0.05, 0) is 20.5 Å².